The van der Waals surface area contributed by atoms with E-state index in [2.05, 4.69) is 31.4 Å². The van der Waals surface area contributed by atoms with Gasteiger partial charge in [0.25, 0.3) is 5.91 Å². The van der Waals surface area contributed by atoms with E-state index in [-0.39, 0.29) is 29.4 Å². The molecule has 11 heteroatoms. The van der Waals surface area contributed by atoms with E-state index in [1.54, 1.807) is 12.4 Å². The van der Waals surface area contributed by atoms with Crippen molar-refractivity contribution in [3.05, 3.63) is 48.1 Å². The number of aromatic nitrogens is 2. The molecule has 0 bridgehead atoms. The van der Waals surface area contributed by atoms with Crippen molar-refractivity contribution in [2.24, 2.45) is 11.8 Å². The van der Waals surface area contributed by atoms with Gasteiger partial charge in [-0.15, -0.1) is 0 Å². The summed E-state index contributed by atoms with van der Waals surface area (Å²) in [6.45, 7) is 4.71. The first-order chi connectivity index (χ1) is 19.9. The number of unbranched alkanes of at least 4 members (excludes halogenated alkanes) is 1. The van der Waals surface area contributed by atoms with Crippen LogP contribution in [0.2, 0.25) is 0 Å². The second kappa shape index (κ2) is 17.1. The monoisotopic (exact) mass is 568 g/mol. The summed E-state index contributed by atoms with van der Waals surface area (Å²) in [5.41, 5.74) is 0.935. The highest BCUT2D eigenvalue weighted by molar-refractivity contribution is 5.96. The Kier molecular flexibility index (Phi) is 13.3. The van der Waals surface area contributed by atoms with Crippen molar-refractivity contribution in [3.63, 3.8) is 0 Å². The summed E-state index contributed by atoms with van der Waals surface area (Å²) in [6, 6.07) is 3.64. The molecule has 4 N–H and O–H groups in total. The molecular formula is C30H44N6O5. The minimum absolute atomic E-state index is 0.0356. The highest BCUT2D eigenvalue weighted by Crippen LogP contribution is 2.27. The van der Waals surface area contributed by atoms with Crippen LogP contribution < -0.4 is 21.3 Å². The van der Waals surface area contributed by atoms with Crippen LogP contribution in [0.5, 0.6) is 0 Å². The van der Waals surface area contributed by atoms with Crippen LogP contribution in [0.15, 0.2) is 41.3 Å². The van der Waals surface area contributed by atoms with Gasteiger partial charge < -0.3 is 25.8 Å². The minimum Gasteiger partial charge on any atom is -0.354 e. The van der Waals surface area contributed by atoms with E-state index in [1.165, 1.54) is 18.7 Å². The Morgan fingerprint density at radius 2 is 1.80 bits per heavy atom. The zero-order chi connectivity index (χ0) is 29.5. The van der Waals surface area contributed by atoms with Crippen LogP contribution in [-0.4, -0.2) is 52.4 Å². The van der Waals surface area contributed by atoms with E-state index in [0.29, 0.717) is 51.1 Å². The summed E-state index contributed by atoms with van der Waals surface area (Å²) in [6.07, 6.45) is 13.0. The average molecular weight is 569 g/mol. The number of amides is 4. The van der Waals surface area contributed by atoms with Gasteiger partial charge in [0.1, 0.15) is 12.1 Å². The van der Waals surface area contributed by atoms with Crippen molar-refractivity contribution in [2.75, 3.05) is 6.54 Å². The van der Waals surface area contributed by atoms with Gasteiger partial charge in [-0.05, 0) is 42.7 Å². The molecule has 0 aromatic carbocycles. The van der Waals surface area contributed by atoms with Crippen molar-refractivity contribution in [1.29, 1.82) is 0 Å². The molecule has 11 nitrogen and oxygen atoms in total. The summed E-state index contributed by atoms with van der Waals surface area (Å²) in [7, 11) is 0. The van der Waals surface area contributed by atoms with Gasteiger partial charge in [0.15, 0.2) is 0 Å². The van der Waals surface area contributed by atoms with Crippen molar-refractivity contribution in [1.82, 2.24) is 31.4 Å². The topological polar surface area (TPSA) is 155 Å². The lowest BCUT2D eigenvalue weighted by Gasteiger charge is -2.29. The van der Waals surface area contributed by atoms with Gasteiger partial charge in [-0.1, -0.05) is 63.6 Å². The number of carbonyl (C=O) groups excluding carboxylic acids is 4. The Hall–Kier alpha value is -3.76. The third kappa shape index (κ3) is 11.0. The molecule has 0 spiro atoms. The largest absolute Gasteiger partial charge is 0.354 e. The first kappa shape index (κ1) is 31.8. The molecule has 0 aliphatic heterocycles. The molecule has 0 radical (unpaired) electrons. The predicted molar refractivity (Wildman–Crippen MR) is 153 cm³/mol. The quantitative estimate of drug-likeness (QED) is 0.227. The maximum Gasteiger partial charge on any atom is 0.290 e. The summed E-state index contributed by atoms with van der Waals surface area (Å²) in [4.78, 5) is 55.5. The number of nitrogens with zero attached hydrogens (tertiary/aromatic N) is 2. The van der Waals surface area contributed by atoms with E-state index in [1.807, 2.05) is 26.0 Å². The van der Waals surface area contributed by atoms with Crippen LogP contribution in [0.25, 0.3) is 0 Å². The molecule has 2 aromatic heterocycles. The maximum atomic E-state index is 13.5. The van der Waals surface area contributed by atoms with Crippen molar-refractivity contribution in [3.8, 4) is 0 Å². The molecule has 1 saturated carbocycles. The van der Waals surface area contributed by atoms with Crippen LogP contribution in [0.1, 0.15) is 94.2 Å². The van der Waals surface area contributed by atoms with Crippen LogP contribution >= 0.6 is 0 Å². The summed E-state index contributed by atoms with van der Waals surface area (Å²) < 4.78 is 4.97. The molecule has 2 heterocycles. The molecule has 2 aromatic rings. The van der Waals surface area contributed by atoms with E-state index >= 15 is 0 Å². The second-order valence-electron chi connectivity index (χ2n) is 10.9. The smallest absolute Gasteiger partial charge is 0.290 e. The fraction of sp³-hybridized carbons (Fsp3) is 0.600. The highest BCUT2D eigenvalue weighted by atomic mass is 16.5. The number of nitrogens with one attached hydrogen (secondary N) is 4. The molecule has 224 valence electrons. The lowest BCUT2D eigenvalue weighted by Crippen LogP contribution is -2.56. The molecule has 3 atom stereocenters. The Bertz CT molecular complexity index is 1090. The van der Waals surface area contributed by atoms with Crippen molar-refractivity contribution < 1.29 is 23.7 Å². The summed E-state index contributed by atoms with van der Waals surface area (Å²) in [5.74, 6) is -0.965. The molecule has 3 rings (SSSR count). The third-order valence-corrected chi connectivity index (χ3v) is 7.71. The molecule has 1 aliphatic rings. The second-order valence-corrected chi connectivity index (χ2v) is 10.9. The Labute approximate surface area is 242 Å². The molecule has 0 unspecified atom stereocenters. The van der Waals surface area contributed by atoms with Crippen LogP contribution in [0.4, 0.5) is 0 Å². The van der Waals surface area contributed by atoms with Crippen LogP contribution in [-0.2, 0) is 20.9 Å². The zero-order valence-electron chi connectivity index (χ0n) is 24.2. The molecule has 1 fully saturated rings. The van der Waals surface area contributed by atoms with E-state index in [4.69, 9.17) is 4.52 Å². The molecule has 4 amide bonds. The molecule has 41 heavy (non-hydrogen) atoms. The normalized spacial score (nSPS) is 15.8. The third-order valence-electron chi connectivity index (χ3n) is 7.71. The summed E-state index contributed by atoms with van der Waals surface area (Å²) in [5, 5.41) is 15.1. The Morgan fingerprint density at radius 1 is 1.00 bits per heavy atom. The average Bonchev–Trinajstić information content (AvgIpc) is 3.54. The number of rotatable bonds is 16. The van der Waals surface area contributed by atoms with Gasteiger partial charge in [0, 0.05) is 38.0 Å². The standard InChI is InChI=1S/C30H44N6O5/c1-3-21(2)27(30(40)32-16-8-7-13-26(37)33-20-23-12-9-15-31-19-23)36-28(38)24(18-22-10-5-4-6-11-22)35-29(39)25-14-17-34-41-25/h9,12,14-15,17,19,21-22,24,27H,3-8,10-11,13,16,18,20H2,1-2H3,(H,32,40)(H,33,37)(H,35,39)(H,36,38)/t21-,24-,27-/m0/s1. The van der Waals surface area contributed by atoms with Gasteiger partial charge in [0.2, 0.25) is 23.5 Å². The number of pyridine rings is 1. The van der Waals surface area contributed by atoms with E-state index in [0.717, 1.165) is 31.2 Å². The first-order valence-electron chi connectivity index (χ1n) is 14.8. The van der Waals surface area contributed by atoms with Gasteiger partial charge >= 0.3 is 0 Å². The lowest BCUT2D eigenvalue weighted by molar-refractivity contribution is -0.131. The van der Waals surface area contributed by atoms with Crippen molar-refractivity contribution >= 4 is 23.6 Å². The highest BCUT2D eigenvalue weighted by Gasteiger charge is 2.32. The maximum absolute atomic E-state index is 13.5. The lowest BCUT2D eigenvalue weighted by atomic mass is 9.84. The zero-order valence-corrected chi connectivity index (χ0v) is 24.2. The minimum atomic E-state index is -0.791. The van der Waals surface area contributed by atoms with Crippen LogP contribution in [0, 0.1) is 11.8 Å². The fourth-order valence-electron chi connectivity index (χ4n) is 5.03. The van der Waals surface area contributed by atoms with E-state index < -0.39 is 18.0 Å². The number of carbonyl (C=O) groups is 4. The number of hydrogen-bond donors (Lipinski definition) is 4. The van der Waals surface area contributed by atoms with Gasteiger partial charge in [0.05, 0.1) is 6.20 Å². The predicted octanol–water partition coefficient (Wildman–Crippen LogP) is 3.27. The van der Waals surface area contributed by atoms with Crippen molar-refractivity contribution in [2.45, 2.75) is 96.7 Å². The SMILES string of the molecule is CC[C@H](C)[C@H](NC(=O)[C@H](CC1CCCCC1)NC(=O)c1ccno1)C(=O)NCCCCC(=O)NCc1cccnc1. The molecular weight excluding hydrogens is 524 g/mol. The van der Waals surface area contributed by atoms with Gasteiger partial charge in [-0.25, -0.2) is 0 Å². The molecule has 0 saturated heterocycles. The van der Waals surface area contributed by atoms with Crippen LogP contribution in [0.3, 0.4) is 0 Å². The Balaban J connectivity index is 1.49. The van der Waals surface area contributed by atoms with Gasteiger partial charge in [-0.3, -0.25) is 24.2 Å². The fourth-order valence-corrected chi connectivity index (χ4v) is 5.03. The Morgan fingerprint density at radius 3 is 2.49 bits per heavy atom. The first-order valence-corrected chi connectivity index (χ1v) is 14.8. The molecule has 1 aliphatic carbocycles. The van der Waals surface area contributed by atoms with Gasteiger partial charge in [-0.2, -0.15) is 0 Å². The summed E-state index contributed by atoms with van der Waals surface area (Å²) >= 11 is 0. The number of hydrogen-bond acceptors (Lipinski definition) is 7. The van der Waals surface area contributed by atoms with E-state index in [9.17, 15) is 19.2 Å².